The van der Waals surface area contributed by atoms with Gasteiger partial charge in [-0.25, -0.2) is 8.78 Å². The van der Waals surface area contributed by atoms with Crippen LogP contribution in [-0.2, 0) is 14.3 Å². The molecule has 0 aromatic carbocycles. The number of rotatable bonds is 3. The van der Waals surface area contributed by atoms with Gasteiger partial charge in [0.25, 0.3) is 0 Å². The van der Waals surface area contributed by atoms with E-state index < -0.39 is 19.0 Å². The molecule has 0 atom stereocenters. The smallest absolute Gasteiger partial charge is 0.311 e. The summed E-state index contributed by atoms with van der Waals surface area (Å²) in [7, 11) is 1.31. The maximum absolute atomic E-state index is 11.5. The highest BCUT2D eigenvalue weighted by molar-refractivity contribution is 5.75. The van der Waals surface area contributed by atoms with E-state index in [1.165, 1.54) is 7.11 Å². The fraction of sp³-hybridized carbons (Fsp3) is 0.889. The standard InChI is InChI=1S/C7H13FO2.C2H5FO/c1-7(2,3)6(9)10-5-4-8;1-4-2-3/h4-5H2,1-3H3;2H2,1H3. The summed E-state index contributed by atoms with van der Waals surface area (Å²) in [5.41, 5.74) is -0.519. The minimum Gasteiger partial charge on any atom is -0.463 e. The van der Waals surface area contributed by atoms with Crippen LogP contribution in [0.25, 0.3) is 0 Å². The Balaban J connectivity index is 0. The maximum Gasteiger partial charge on any atom is 0.311 e. The highest BCUT2D eigenvalue weighted by atomic mass is 19.1. The Hall–Kier alpha value is -0.710. The molecule has 0 spiro atoms. The Morgan fingerprint density at radius 1 is 1.29 bits per heavy atom. The lowest BCUT2D eigenvalue weighted by molar-refractivity contribution is -0.153. The van der Waals surface area contributed by atoms with E-state index in [1.54, 1.807) is 20.8 Å². The first-order valence-corrected chi connectivity index (χ1v) is 4.18. The summed E-state index contributed by atoms with van der Waals surface area (Å²) in [6.07, 6.45) is 0. The minimum absolute atomic E-state index is 0.129. The zero-order chi connectivity index (χ0) is 11.6. The molecule has 0 bridgehead atoms. The summed E-state index contributed by atoms with van der Waals surface area (Å²) in [5, 5.41) is 0. The van der Waals surface area contributed by atoms with Gasteiger partial charge in [0.15, 0.2) is 6.86 Å². The lowest BCUT2D eigenvalue weighted by atomic mass is 9.97. The third-order valence-electron chi connectivity index (χ3n) is 1.03. The van der Waals surface area contributed by atoms with Crippen molar-refractivity contribution in [3.63, 3.8) is 0 Å². The second kappa shape index (κ2) is 8.87. The zero-order valence-corrected chi connectivity index (χ0v) is 9.10. The molecule has 14 heavy (non-hydrogen) atoms. The van der Waals surface area contributed by atoms with Gasteiger partial charge in [-0.2, -0.15) is 0 Å². The van der Waals surface area contributed by atoms with Crippen molar-refractivity contribution >= 4 is 5.97 Å². The topological polar surface area (TPSA) is 35.5 Å². The molecular formula is C9H18F2O3. The van der Waals surface area contributed by atoms with Crippen molar-refractivity contribution in [3.05, 3.63) is 0 Å². The molecule has 5 heteroatoms. The first kappa shape index (κ1) is 15.7. The number of ether oxygens (including phenoxy) is 2. The molecule has 0 aliphatic rings. The number of alkyl halides is 2. The van der Waals surface area contributed by atoms with Crippen molar-refractivity contribution in [2.45, 2.75) is 20.8 Å². The summed E-state index contributed by atoms with van der Waals surface area (Å²) in [4.78, 5) is 10.8. The van der Waals surface area contributed by atoms with Gasteiger partial charge in [0.2, 0.25) is 0 Å². The minimum atomic E-state index is -0.681. The summed E-state index contributed by atoms with van der Waals surface area (Å²) in [6.45, 7) is 3.77. The molecule has 0 saturated carbocycles. The van der Waals surface area contributed by atoms with E-state index in [2.05, 4.69) is 9.47 Å². The van der Waals surface area contributed by atoms with Gasteiger partial charge in [-0.3, -0.25) is 4.79 Å². The van der Waals surface area contributed by atoms with Crippen LogP contribution in [0.5, 0.6) is 0 Å². The van der Waals surface area contributed by atoms with Crippen molar-refractivity contribution in [2.24, 2.45) is 5.41 Å². The van der Waals surface area contributed by atoms with Gasteiger partial charge in [-0.05, 0) is 20.8 Å². The van der Waals surface area contributed by atoms with E-state index in [4.69, 9.17) is 0 Å². The van der Waals surface area contributed by atoms with Gasteiger partial charge in [-0.1, -0.05) is 0 Å². The number of hydrogen-bond acceptors (Lipinski definition) is 3. The summed E-state index contributed by atoms with van der Waals surface area (Å²) < 4.78 is 30.4. The van der Waals surface area contributed by atoms with Gasteiger partial charge in [0.1, 0.15) is 13.3 Å². The predicted octanol–water partition coefficient (Wildman–Crippen LogP) is 2.10. The van der Waals surface area contributed by atoms with E-state index in [-0.39, 0.29) is 12.6 Å². The number of hydrogen-bond donors (Lipinski definition) is 0. The number of methoxy groups -OCH3 is 1. The van der Waals surface area contributed by atoms with Crippen molar-refractivity contribution < 1.29 is 23.0 Å². The fourth-order valence-corrected chi connectivity index (χ4v) is 0.348. The van der Waals surface area contributed by atoms with E-state index in [0.717, 1.165) is 0 Å². The maximum atomic E-state index is 11.5. The molecular weight excluding hydrogens is 194 g/mol. The van der Waals surface area contributed by atoms with Gasteiger partial charge < -0.3 is 9.47 Å². The van der Waals surface area contributed by atoms with Crippen LogP contribution in [0, 0.1) is 5.41 Å². The molecule has 0 heterocycles. The van der Waals surface area contributed by atoms with Crippen LogP contribution in [0.15, 0.2) is 0 Å². The molecule has 0 aliphatic carbocycles. The monoisotopic (exact) mass is 212 g/mol. The Bertz CT molecular complexity index is 141. The second-order valence-electron chi connectivity index (χ2n) is 3.47. The number of halogens is 2. The van der Waals surface area contributed by atoms with E-state index >= 15 is 0 Å². The molecule has 0 radical (unpaired) electrons. The van der Waals surface area contributed by atoms with Crippen LogP contribution in [0.1, 0.15) is 20.8 Å². The predicted molar refractivity (Wildman–Crippen MR) is 49.4 cm³/mol. The molecule has 3 nitrogen and oxygen atoms in total. The van der Waals surface area contributed by atoms with E-state index in [9.17, 15) is 13.6 Å². The lowest BCUT2D eigenvalue weighted by Crippen LogP contribution is -2.23. The van der Waals surface area contributed by atoms with Crippen molar-refractivity contribution in [1.29, 1.82) is 0 Å². The summed E-state index contributed by atoms with van der Waals surface area (Å²) in [5.74, 6) is -0.356. The zero-order valence-electron chi connectivity index (χ0n) is 9.10. The van der Waals surface area contributed by atoms with Gasteiger partial charge >= 0.3 is 5.97 Å². The quantitative estimate of drug-likeness (QED) is 0.672. The fourth-order valence-electron chi connectivity index (χ4n) is 0.348. The molecule has 0 unspecified atom stereocenters. The molecule has 0 fully saturated rings. The Morgan fingerprint density at radius 3 is 1.93 bits per heavy atom. The highest BCUT2D eigenvalue weighted by Crippen LogP contribution is 2.14. The van der Waals surface area contributed by atoms with Crippen LogP contribution in [0.4, 0.5) is 8.78 Å². The number of carbonyl (C=O) groups excluding carboxylic acids is 1. The van der Waals surface area contributed by atoms with Crippen LogP contribution < -0.4 is 0 Å². The molecule has 0 aromatic rings. The van der Waals surface area contributed by atoms with Gasteiger partial charge in [0, 0.05) is 7.11 Å². The van der Waals surface area contributed by atoms with Crippen LogP contribution in [0.3, 0.4) is 0 Å². The van der Waals surface area contributed by atoms with Crippen molar-refractivity contribution in [1.82, 2.24) is 0 Å². The number of carbonyl (C=O) groups is 1. The summed E-state index contributed by atoms with van der Waals surface area (Å²) in [6, 6.07) is 0. The van der Waals surface area contributed by atoms with Gasteiger partial charge in [0.05, 0.1) is 5.41 Å². The Kier molecular flexibility index (Phi) is 9.98. The lowest BCUT2D eigenvalue weighted by Gasteiger charge is -2.15. The SMILES string of the molecule is CC(C)(C)C(=O)OCCF.COCF. The molecule has 0 rings (SSSR count). The van der Waals surface area contributed by atoms with E-state index in [0.29, 0.717) is 0 Å². The normalized spacial score (nSPS) is 10.1. The van der Waals surface area contributed by atoms with Crippen LogP contribution in [-0.4, -0.2) is 33.2 Å². The first-order chi connectivity index (χ1) is 6.40. The molecule has 0 aromatic heterocycles. The Morgan fingerprint density at radius 2 is 1.71 bits per heavy atom. The van der Waals surface area contributed by atoms with Crippen molar-refractivity contribution in [2.75, 3.05) is 27.3 Å². The Labute approximate surface area is 83.4 Å². The van der Waals surface area contributed by atoms with E-state index in [1.807, 2.05) is 0 Å². The highest BCUT2D eigenvalue weighted by Gasteiger charge is 2.22. The van der Waals surface area contributed by atoms with Gasteiger partial charge in [-0.15, -0.1) is 0 Å². The largest absolute Gasteiger partial charge is 0.463 e. The van der Waals surface area contributed by atoms with Crippen molar-refractivity contribution in [3.8, 4) is 0 Å². The average Bonchev–Trinajstić information content (AvgIpc) is 2.13. The molecule has 0 N–H and O–H groups in total. The molecule has 0 amide bonds. The average molecular weight is 212 g/mol. The number of esters is 1. The first-order valence-electron chi connectivity index (χ1n) is 4.18. The second-order valence-corrected chi connectivity index (χ2v) is 3.47. The summed E-state index contributed by atoms with van der Waals surface area (Å²) >= 11 is 0. The third kappa shape index (κ3) is 11.3. The third-order valence-corrected chi connectivity index (χ3v) is 1.03. The molecule has 0 aliphatic heterocycles. The molecule has 86 valence electrons. The van der Waals surface area contributed by atoms with Crippen LogP contribution >= 0.6 is 0 Å². The molecule has 0 saturated heterocycles. The van der Waals surface area contributed by atoms with Crippen LogP contribution in [0.2, 0.25) is 0 Å².